The standard InChI is InChI=1S/C16H10F2O3/c17-10-5-11(18)7-12(6-10)20-9-15(19)14-8-21-16-4-2-1-3-13(14)16/h1-8H,9H2. The van der Waals surface area contributed by atoms with Gasteiger partial charge in [-0.1, -0.05) is 18.2 Å². The van der Waals surface area contributed by atoms with Crippen molar-refractivity contribution < 1.29 is 22.7 Å². The van der Waals surface area contributed by atoms with E-state index in [1.807, 2.05) is 0 Å². The molecule has 0 bridgehead atoms. The van der Waals surface area contributed by atoms with Crippen LogP contribution < -0.4 is 4.74 Å². The van der Waals surface area contributed by atoms with Crippen LogP contribution in [0.5, 0.6) is 5.75 Å². The van der Waals surface area contributed by atoms with Crippen molar-refractivity contribution in [1.82, 2.24) is 0 Å². The lowest BCUT2D eigenvalue weighted by atomic mass is 10.1. The molecule has 3 nitrogen and oxygen atoms in total. The molecule has 2 aromatic carbocycles. The lowest BCUT2D eigenvalue weighted by Crippen LogP contribution is -2.11. The molecule has 0 unspecified atom stereocenters. The first-order valence-corrected chi connectivity index (χ1v) is 6.22. The summed E-state index contributed by atoms with van der Waals surface area (Å²) in [6.45, 7) is -0.327. The molecule has 0 spiro atoms. The number of rotatable bonds is 4. The van der Waals surface area contributed by atoms with Crippen molar-refractivity contribution in [3.05, 3.63) is 65.9 Å². The maximum Gasteiger partial charge on any atom is 0.204 e. The Kier molecular flexibility index (Phi) is 3.39. The molecule has 0 aliphatic heterocycles. The van der Waals surface area contributed by atoms with Crippen LogP contribution in [-0.2, 0) is 0 Å². The van der Waals surface area contributed by atoms with Gasteiger partial charge in [0.05, 0.1) is 5.56 Å². The maximum absolute atomic E-state index is 13.0. The normalized spacial score (nSPS) is 10.8. The summed E-state index contributed by atoms with van der Waals surface area (Å²) < 4.78 is 36.4. The fraction of sp³-hybridized carbons (Fsp3) is 0.0625. The van der Waals surface area contributed by atoms with Crippen LogP contribution in [0.2, 0.25) is 0 Å². The van der Waals surface area contributed by atoms with Crippen LogP contribution in [-0.4, -0.2) is 12.4 Å². The lowest BCUT2D eigenvalue weighted by Gasteiger charge is -2.05. The van der Waals surface area contributed by atoms with E-state index in [0.717, 1.165) is 18.2 Å². The molecule has 5 heteroatoms. The minimum absolute atomic E-state index is 0.0337. The molecule has 3 rings (SSSR count). The average Bonchev–Trinajstić information content (AvgIpc) is 2.88. The molecule has 21 heavy (non-hydrogen) atoms. The Bertz CT molecular complexity index is 788. The SMILES string of the molecule is O=C(COc1cc(F)cc(F)c1)c1coc2ccccc12. The highest BCUT2D eigenvalue weighted by atomic mass is 19.1. The minimum Gasteiger partial charge on any atom is -0.485 e. The van der Waals surface area contributed by atoms with Crippen molar-refractivity contribution in [1.29, 1.82) is 0 Å². The molecule has 0 aliphatic carbocycles. The van der Waals surface area contributed by atoms with Gasteiger partial charge >= 0.3 is 0 Å². The molecule has 106 valence electrons. The van der Waals surface area contributed by atoms with Gasteiger partial charge < -0.3 is 9.15 Å². The molecule has 0 N–H and O–H groups in total. The largest absolute Gasteiger partial charge is 0.485 e. The van der Waals surface area contributed by atoms with Crippen LogP contribution >= 0.6 is 0 Å². The van der Waals surface area contributed by atoms with Gasteiger partial charge in [-0.3, -0.25) is 4.79 Å². The zero-order valence-corrected chi connectivity index (χ0v) is 10.8. The summed E-state index contributed by atoms with van der Waals surface area (Å²) in [7, 11) is 0. The van der Waals surface area contributed by atoms with Crippen LogP contribution in [0.4, 0.5) is 8.78 Å². The van der Waals surface area contributed by atoms with Gasteiger partial charge in [-0.2, -0.15) is 0 Å². The van der Waals surface area contributed by atoms with E-state index in [-0.39, 0.29) is 18.1 Å². The second-order valence-electron chi connectivity index (χ2n) is 4.46. The quantitative estimate of drug-likeness (QED) is 0.682. The number of carbonyl (C=O) groups is 1. The zero-order chi connectivity index (χ0) is 14.8. The third-order valence-corrected chi connectivity index (χ3v) is 2.99. The number of hydrogen-bond donors (Lipinski definition) is 0. The first-order valence-electron chi connectivity index (χ1n) is 6.22. The summed E-state index contributed by atoms with van der Waals surface area (Å²) in [5, 5.41) is 0.677. The van der Waals surface area contributed by atoms with Crippen LogP contribution in [0.1, 0.15) is 10.4 Å². The van der Waals surface area contributed by atoms with Gasteiger partial charge in [0, 0.05) is 23.6 Å². The van der Waals surface area contributed by atoms with E-state index >= 15 is 0 Å². The van der Waals surface area contributed by atoms with E-state index < -0.39 is 11.6 Å². The number of Topliss-reactive ketones (excluding diaryl/α,β-unsaturated/α-hetero) is 1. The van der Waals surface area contributed by atoms with Crippen LogP contribution in [0.15, 0.2) is 53.1 Å². The number of para-hydroxylation sites is 1. The molecule has 0 atom stereocenters. The summed E-state index contributed by atoms with van der Waals surface area (Å²) in [5.74, 6) is -1.88. The molecule has 0 amide bonds. The minimum atomic E-state index is -0.758. The number of carbonyl (C=O) groups excluding carboxylic acids is 1. The number of ketones is 1. The van der Waals surface area contributed by atoms with Gasteiger partial charge in [-0.05, 0) is 6.07 Å². The van der Waals surface area contributed by atoms with Gasteiger partial charge in [0.15, 0.2) is 6.61 Å². The molecular weight excluding hydrogens is 278 g/mol. The fourth-order valence-corrected chi connectivity index (χ4v) is 2.03. The smallest absolute Gasteiger partial charge is 0.204 e. The van der Waals surface area contributed by atoms with E-state index in [0.29, 0.717) is 16.5 Å². The second kappa shape index (κ2) is 5.36. The fourth-order valence-electron chi connectivity index (χ4n) is 2.03. The molecule has 0 saturated carbocycles. The van der Waals surface area contributed by atoms with Crippen LogP contribution in [0.25, 0.3) is 11.0 Å². The molecule has 1 heterocycles. The van der Waals surface area contributed by atoms with E-state index in [1.54, 1.807) is 24.3 Å². The van der Waals surface area contributed by atoms with Crippen molar-refractivity contribution in [2.45, 2.75) is 0 Å². The molecule has 0 radical (unpaired) electrons. The van der Waals surface area contributed by atoms with Crippen LogP contribution in [0, 0.1) is 11.6 Å². The van der Waals surface area contributed by atoms with Crippen molar-refractivity contribution in [3.8, 4) is 5.75 Å². The Morgan fingerprint density at radius 3 is 2.57 bits per heavy atom. The van der Waals surface area contributed by atoms with E-state index in [4.69, 9.17) is 9.15 Å². The Morgan fingerprint density at radius 2 is 1.81 bits per heavy atom. The summed E-state index contributed by atoms with van der Waals surface area (Å²) in [6, 6.07) is 9.86. The Morgan fingerprint density at radius 1 is 1.10 bits per heavy atom. The van der Waals surface area contributed by atoms with Crippen molar-refractivity contribution in [2.24, 2.45) is 0 Å². The first-order chi connectivity index (χ1) is 10.1. The van der Waals surface area contributed by atoms with E-state index in [9.17, 15) is 13.6 Å². The monoisotopic (exact) mass is 288 g/mol. The molecular formula is C16H10F2O3. The number of hydrogen-bond acceptors (Lipinski definition) is 3. The van der Waals surface area contributed by atoms with Gasteiger partial charge in [-0.15, -0.1) is 0 Å². The highest BCUT2D eigenvalue weighted by Crippen LogP contribution is 2.22. The molecule has 0 saturated heterocycles. The Labute approximate surface area is 118 Å². The second-order valence-corrected chi connectivity index (χ2v) is 4.46. The van der Waals surface area contributed by atoms with Gasteiger partial charge in [0.25, 0.3) is 0 Å². The summed E-state index contributed by atoms with van der Waals surface area (Å²) in [5.41, 5.74) is 0.972. The summed E-state index contributed by atoms with van der Waals surface area (Å²) in [4.78, 5) is 12.1. The van der Waals surface area contributed by atoms with Gasteiger partial charge in [-0.25, -0.2) is 8.78 Å². The summed E-state index contributed by atoms with van der Waals surface area (Å²) in [6.07, 6.45) is 1.35. The number of furan rings is 1. The Balaban J connectivity index is 1.77. The Hall–Kier alpha value is -2.69. The number of fused-ring (bicyclic) bond motifs is 1. The predicted octanol–water partition coefficient (Wildman–Crippen LogP) is 3.97. The zero-order valence-electron chi connectivity index (χ0n) is 10.8. The van der Waals surface area contributed by atoms with E-state index in [1.165, 1.54) is 6.26 Å². The average molecular weight is 288 g/mol. The van der Waals surface area contributed by atoms with Crippen molar-refractivity contribution in [2.75, 3.05) is 6.61 Å². The highest BCUT2D eigenvalue weighted by molar-refractivity contribution is 6.07. The molecule has 0 aliphatic rings. The topological polar surface area (TPSA) is 39.4 Å². The molecule has 0 fully saturated rings. The third-order valence-electron chi connectivity index (χ3n) is 2.99. The molecule has 3 aromatic rings. The number of ether oxygens (including phenoxy) is 1. The number of halogens is 2. The molecule has 1 aromatic heterocycles. The number of benzene rings is 2. The van der Waals surface area contributed by atoms with Crippen molar-refractivity contribution in [3.63, 3.8) is 0 Å². The first kappa shape index (κ1) is 13.3. The highest BCUT2D eigenvalue weighted by Gasteiger charge is 2.14. The van der Waals surface area contributed by atoms with Crippen LogP contribution in [0.3, 0.4) is 0 Å². The van der Waals surface area contributed by atoms with Crippen molar-refractivity contribution >= 4 is 16.8 Å². The maximum atomic E-state index is 13.0. The van der Waals surface area contributed by atoms with Gasteiger partial charge in [0.2, 0.25) is 5.78 Å². The van der Waals surface area contributed by atoms with Gasteiger partial charge in [0.1, 0.15) is 29.2 Å². The predicted molar refractivity (Wildman–Crippen MR) is 72.4 cm³/mol. The third kappa shape index (κ3) is 2.76. The lowest BCUT2D eigenvalue weighted by molar-refractivity contribution is 0.0921. The summed E-state index contributed by atoms with van der Waals surface area (Å²) >= 11 is 0. The van der Waals surface area contributed by atoms with E-state index in [2.05, 4.69) is 0 Å².